The van der Waals surface area contributed by atoms with Crippen molar-refractivity contribution in [1.29, 1.82) is 0 Å². The van der Waals surface area contributed by atoms with E-state index in [1.165, 1.54) is 44.2 Å². The smallest absolute Gasteiger partial charge is 0.261 e. The van der Waals surface area contributed by atoms with Crippen LogP contribution in [0, 0.1) is 31.6 Å². The lowest BCUT2D eigenvalue weighted by atomic mass is 9.49. The molecule has 5 nitrogen and oxygen atoms in total. The van der Waals surface area contributed by atoms with E-state index in [9.17, 15) is 4.79 Å². The molecule has 2 heterocycles. The zero-order valence-electron chi connectivity index (χ0n) is 16.4. The molecule has 0 radical (unpaired) electrons. The van der Waals surface area contributed by atoms with Gasteiger partial charge in [0.2, 0.25) is 0 Å². The molecule has 4 aliphatic rings. The summed E-state index contributed by atoms with van der Waals surface area (Å²) in [6.45, 7) is 6.67. The number of aromatic nitrogens is 3. The molecule has 2 aromatic heterocycles. The van der Waals surface area contributed by atoms with Crippen LogP contribution in [0.1, 0.15) is 72.9 Å². The van der Waals surface area contributed by atoms with Gasteiger partial charge < -0.3 is 0 Å². The first kappa shape index (κ1) is 17.4. The summed E-state index contributed by atoms with van der Waals surface area (Å²) in [6, 6.07) is 0. The van der Waals surface area contributed by atoms with Gasteiger partial charge in [-0.1, -0.05) is 0 Å². The molecule has 144 valence electrons. The average Bonchev–Trinajstić information content (AvgIpc) is 3.18. The summed E-state index contributed by atoms with van der Waals surface area (Å²) < 4.78 is 1.88. The van der Waals surface area contributed by atoms with E-state index in [2.05, 4.69) is 15.8 Å². The molecule has 0 unspecified atom stereocenters. The zero-order valence-corrected chi connectivity index (χ0v) is 17.2. The fourth-order valence-corrected chi connectivity index (χ4v) is 7.32. The molecule has 2 aromatic rings. The maximum absolute atomic E-state index is 12.8. The third kappa shape index (κ3) is 2.75. The molecule has 1 N–H and O–H groups in total. The highest BCUT2D eigenvalue weighted by molar-refractivity contribution is 7.14. The molecular formula is C21H28N4OS. The van der Waals surface area contributed by atoms with Crippen LogP contribution < -0.4 is 5.32 Å². The van der Waals surface area contributed by atoms with Gasteiger partial charge in [-0.05, 0) is 77.0 Å². The number of carbonyl (C=O) groups excluding carboxylic acids is 1. The van der Waals surface area contributed by atoms with E-state index in [1.54, 1.807) is 11.3 Å². The maximum Gasteiger partial charge on any atom is 0.261 e. The van der Waals surface area contributed by atoms with Crippen molar-refractivity contribution in [3.63, 3.8) is 0 Å². The Morgan fingerprint density at radius 1 is 1.22 bits per heavy atom. The van der Waals surface area contributed by atoms with E-state index >= 15 is 0 Å². The Labute approximate surface area is 164 Å². The molecule has 0 aromatic carbocycles. The van der Waals surface area contributed by atoms with Crippen LogP contribution >= 0.6 is 11.3 Å². The van der Waals surface area contributed by atoms with Crippen molar-refractivity contribution in [1.82, 2.24) is 14.8 Å². The van der Waals surface area contributed by atoms with Crippen LogP contribution in [0.5, 0.6) is 0 Å². The topological polar surface area (TPSA) is 59.8 Å². The quantitative estimate of drug-likeness (QED) is 0.831. The number of hydrogen-bond donors (Lipinski definition) is 1. The van der Waals surface area contributed by atoms with Crippen LogP contribution in [0.15, 0.2) is 5.38 Å². The lowest BCUT2D eigenvalue weighted by molar-refractivity contribution is -0.00688. The van der Waals surface area contributed by atoms with E-state index < -0.39 is 0 Å². The first-order valence-electron chi connectivity index (χ1n) is 10.3. The van der Waals surface area contributed by atoms with Crippen molar-refractivity contribution in [2.45, 2.75) is 71.3 Å². The van der Waals surface area contributed by atoms with Crippen molar-refractivity contribution >= 4 is 22.4 Å². The number of rotatable bonds is 4. The van der Waals surface area contributed by atoms with Crippen molar-refractivity contribution < 1.29 is 4.79 Å². The minimum absolute atomic E-state index is 0.0869. The standard InChI is InChI=1S/C21H28N4OS/c1-4-25-13(3)18(12(2)24-25)19(26)23-20-22-17(11-27-20)21-8-14-5-15(9-21)7-16(6-14)10-21/h11,14-16H,4-10H2,1-3H3,(H,22,23,26). The number of amides is 1. The number of nitrogens with zero attached hydrogens (tertiary/aromatic N) is 3. The van der Waals surface area contributed by atoms with Gasteiger partial charge in [0.15, 0.2) is 5.13 Å². The second kappa shape index (κ2) is 6.16. The summed E-state index contributed by atoms with van der Waals surface area (Å²) in [7, 11) is 0. The molecule has 0 atom stereocenters. The Morgan fingerprint density at radius 3 is 2.41 bits per heavy atom. The predicted octanol–water partition coefficient (Wildman–Crippen LogP) is 4.70. The van der Waals surface area contributed by atoms with Gasteiger partial charge in [-0.2, -0.15) is 5.10 Å². The second-order valence-corrected chi connectivity index (χ2v) is 9.91. The van der Waals surface area contributed by atoms with Crippen molar-refractivity contribution in [2.75, 3.05) is 5.32 Å². The Bertz CT molecular complexity index is 861. The number of nitrogens with one attached hydrogen (secondary N) is 1. The number of anilines is 1. The fraction of sp³-hybridized carbons (Fsp3) is 0.667. The summed E-state index contributed by atoms with van der Waals surface area (Å²) in [5.41, 5.74) is 3.91. The van der Waals surface area contributed by atoms with Crippen molar-refractivity contribution in [3.05, 3.63) is 28.0 Å². The molecule has 4 bridgehead atoms. The maximum atomic E-state index is 12.8. The molecule has 4 saturated carbocycles. The Balaban J connectivity index is 1.37. The zero-order chi connectivity index (χ0) is 18.8. The van der Waals surface area contributed by atoms with E-state index in [-0.39, 0.29) is 11.3 Å². The summed E-state index contributed by atoms with van der Waals surface area (Å²) in [6.07, 6.45) is 8.22. The molecule has 0 spiro atoms. The minimum atomic E-state index is -0.0869. The van der Waals surface area contributed by atoms with Crippen LogP contribution in [0.2, 0.25) is 0 Å². The first-order valence-corrected chi connectivity index (χ1v) is 11.2. The summed E-state index contributed by atoms with van der Waals surface area (Å²) in [4.78, 5) is 17.8. The van der Waals surface area contributed by atoms with Crippen LogP contribution in [-0.2, 0) is 12.0 Å². The highest BCUT2D eigenvalue weighted by Crippen LogP contribution is 2.60. The van der Waals surface area contributed by atoms with Gasteiger partial charge >= 0.3 is 0 Å². The molecule has 6 heteroatoms. The largest absolute Gasteiger partial charge is 0.298 e. The van der Waals surface area contributed by atoms with Gasteiger partial charge in [0, 0.05) is 23.0 Å². The molecule has 4 fully saturated rings. The Kier molecular flexibility index (Phi) is 3.97. The SMILES string of the molecule is CCn1nc(C)c(C(=O)Nc2nc(C34CC5CC(CC(C5)C3)C4)cs2)c1C. The van der Waals surface area contributed by atoms with Crippen LogP contribution in [0.25, 0.3) is 0 Å². The van der Waals surface area contributed by atoms with Gasteiger partial charge in [0.05, 0.1) is 17.0 Å². The average molecular weight is 385 g/mol. The normalized spacial score (nSPS) is 31.4. The van der Waals surface area contributed by atoms with Gasteiger partial charge in [0.1, 0.15) is 0 Å². The minimum Gasteiger partial charge on any atom is -0.298 e. The third-order valence-corrected chi connectivity index (χ3v) is 7.97. The highest BCUT2D eigenvalue weighted by atomic mass is 32.1. The summed E-state index contributed by atoms with van der Waals surface area (Å²) in [5, 5.41) is 10.4. The van der Waals surface area contributed by atoms with Crippen molar-refractivity contribution in [2.24, 2.45) is 17.8 Å². The van der Waals surface area contributed by atoms with Gasteiger partial charge in [-0.3, -0.25) is 14.8 Å². The van der Waals surface area contributed by atoms with Crippen molar-refractivity contribution in [3.8, 4) is 0 Å². The molecule has 0 aliphatic heterocycles. The molecule has 4 aliphatic carbocycles. The number of aryl methyl sites for hydroxylation is 2. The van der Waals surface area contributed by atoms with E-state index in [0.717, 1.165) is 40.8 Å². The summed E-state index contributed by atoms with van der Waals surface area (Å²) in [5.74, 6) is 2.62. The molecular weight excluding hydrogens is 356 g/mol. The summed E-state index contributed by atoms with van der Waals surface area (Å²) >= 11 is 1.58. The highest BCUT2D eigenvalue weighted by Gasteiger charge is 2.52. The van der Waals surface area contributed by atoms with Gasteiger partial charge in [0.25, 0.3) is 5.91 Å². The predicted molar refractivity (Wildman–Crippen MR) is 107 cm³/mol. The fourth-order valence-electron chi connectivity index (χ4n) is 6.49. The number of hydrogen-bond acceptors (Lipinski definition) is 4. The molecule has 0 saturated heterocycles. The lowest BCUT2D eigenvalue weighted by Crippen LogP contribution is -2.48. The molecule has 27 heavy (non-hydrogen) atoms. The Hall–Kier alpha value is -1.69. The number of carbonyl (C=O) groups is 1. The molecule has 1 amide bonds. The van der Waals surface area contributed by atoms with Gasteiger partial charge in [-0.15, -0.1) is 11.3 Å². The number of thiazole rings is 1. The monoisotopic (exact) mass is 384 g/mol. The van der Waals surface area contributed by atoms with Crippen LogP contribution in [0.4, 0.5) is 5.13 Å². The third-order valence-electron chi connectivity index (χ3n) is 7.21. The van der Waals surface area contributed by atoms with E-state index in [1.807, 2.05) is 25.5 Å². The Morgan fingerprint density at radius 2 is 1.85 bits per heavy atom. The molecule has 6 rings (SSSR count). The van der Waals surface area contributed by atoms with Gasteiger partial charge in [-0.25, -0.2) is 4.98 Å². The second-order valence-electron chi connectivity index (χ2n) is 9.05. The van der Waals surface area contributed by atoms with E-state index in [0.29, 0.717) is 5.56 Å². The van der Waals surface area contributed by atoms with E-state index in [4.69, 9.17) is 4.98 Å². The van der Waals surface area contributed by atoms with Crippen LogP contribution in [-0.4, -0.2) is 20.7 Å². The lowest BCUT2D eigenvalue weighted by Gasteiger charge is -2.56. The first-order chi connectivity index (χ1) is 13.0. The van der Waals surface area contributed by atoms with Crippen LogP contribution in [0.3, 0.4) is 0 Å².